The lowest BCUT2D eigenvalue weighted by atomic mass is 10.1. The number of benzene rings is 2. The standard InChI is InChI=1S/C24H26FIN2O3S/c1-14(2)27-24-28(15(3)4)23(29)21(32-24)12-17-10-19(26)22(20(11-17)30-5)31-13-16-7-6-8-18(25)9-16/h6-12,14-15H,13H2,1-5H3/b21-12+,27-24?. The highest BCUT2D eigenvalue weighted by Gasteiger charge is 2.35. The van der Waals surface area contributed by atoms with Gasteiger partial charge in [0.1, 0.15) is 12.4 Å². The topological polar surface area (TPSA) is 51.1 Å². The molecule has 1 heterocycles. The summed E-state index contributed by atoms with van der Waals surface area (Å²) in [5, 5.41) is 0.725. The van der Waals surface area contributed by atoms with E-state index in [-0.39, 0.29) is 30.4 Å². The number of carbonyl (C=O) groups excluding carboxylic acids is 1. The van der Waals surface area contributed by atoms with E-state index in [2.05, 4.69) is 27.6 Å². The number of aliphatic imine (C=N–C) groups is 1. The van der Waals surface area contributed by atoms with E-state index in [4.69, 9.17) is 9.47 Å². The van der Waals surface area contributed by atoms with Crippen LogP contribution in [-0.4, -0.2) is 35.2 Å². The molecule has 2 aromatic rings. The summed E-state index contributed by atoms with van der Waals surface area (Å²) in [5.41, 5.74) is 1.56. The van der Waals surface area contributed by atoms with Gasteiger partial charge < -0.3 is 9.47 Å². The van der Waals surface area contributed by atoms with Crippen LogP contribution in [0.1, 0.15) is 38.8 Å². The molecule has 0 atom stereocenters. The van der Waals surface area contributed by atoms with Crippen LogP contribution in [0.4, 0.5) is 4.39 Å². The van der Waals surface area contributed by atoms with E-state index in [1.54, 1.807) is 24.1 Å². The number of hydrogen-bond donors (Lipinski definition) is 0. The van der Waals surface area contributed by atoms with Gasteiger partial charge in [-0.05, 0) is 104 Å². The Bertz CT molecular complexity index is 1070. The number of rotatable bonds is 7. The zero-order valence-electron chi connectivity index (χ0n) is 18.7. The molecular weight excluding hydrogens is 542 g/mol. The van der Waals surface area contributed by atoms with Crippen molar-refractivity contribution in [2.45, 2.75) is 46.4 Å². The normalized spacial score (nSPS) is 16.7. The third-order valence-corrected chi connectivity index (χ3v) is 6.34. The van der Waals surface area contributed by atoms with Crippen molar-refractivity contribution in [2.75, 3.05) is 7.11 Å². The Hall–Kier alpha value is -2.07. The minimum Gasteiger partial charge on any atom is -0.493 e. The lowest BCUT2D eigenvalue weighted by Crippen LogP contribution is -2.35. The van der Waals surface area contributed by atoms with E-state index in [0.29, 0.717) is 16.4 Å². The Morgan fingerprint density at radius 3 is 2.59 bits per heavy atom. The molecule has 0 radical (unpaired) electrons. The second-order valence-corrected chi connectivity index (χ2v) is 10.0. The van der Waals surface area contributed by atoms with Crippen LogP contribution in [0, 0.1) is 9.39 Å². The first-order valence-corrected chi connectivity index (χ1v) is 12.1. The maximum atomic E-state index is 13.4. The molecule has 170 valence electrons. The Morgan fingerprint density at radius 2 is 1.97 bits per heavy atom. The van der Waals surface area contributed by atoms with Gasteiger partial charge in [-0.25, -0.2) is 4.39 Å². The van der Waals surface area contributed by atoms with E-state index >= 15 is 0 Å². The zero-order valence-corrected chi connectivity index (χ0v) is 21.7. The zero-order chi connectivity index (χ0) is 23.4. The summed E-state index contributed by atoms with van der Waals surface area (Å²) in [6.45, 7) is 8.17. The third kappa shape index (κ3) is 5.83. The fraction of sp³-hybridized carbons (Fsp3) is 0.333. The molecule has 0 aromatic heterocycles. The predicted octanol–water partition coefficient (Wildman–Crippen LogP) is 6.11. The van der Waals surface area contributed by atoms with Crippen molar-refractivity contribution in [3.8, 4) is 11.5 Å². The molecule has 0 aliphatic carbocycles. The summed E-state index contributed by atoms with van der Waals surface area (Å²) in [6, 6.07) is 10.2. The molecule has 8 heteroatoms. The van der Waals surface area contributed by atoms with E-state index in [1.165, 1.54) is 23.9 Å². The summed E-state index contributed by atoms with van der Waals surface area (Å²) in [7, 11) is 1.57. The molecule has 3 rings (SSSR count). The fourth-order valence-electron chi connectivity index (χ4n) is 3.15. The molecule has 1 aliphatic heterocycles. The average Bonchev–Trinajstić information content (AvgIpc) is 3.01. The van der Waals surface area contributed by atoms with Crippen molar-refractivity contribution in [3.63, 3.8) is 0 Å². The van der Waals surface area contributed by atoms with Gasteiger partial charge in [0.05, 0.1) is 15.6 Å². The molecule has 0 bridgehead atoms. The van der Waals surface area contributed by atoms with Crippen molar-refractivity contribution < 1.29 is 18.7 Å². The van der Waals surface area contributed by atoms with Gasteiger partial charge in [0.15, 0.2) is 16.7 Å². The number of ether oxygens (including phenoxy) is 2. The highest BCUT2D eigenvalue weighted by molar-refractivity contribution is 14.1. The molecule has 1 aliphatic rings. The van der Waals surface area contributed by atoms with Crippen LogP contribution < -0.4 is 9.47 Å². The number of amidine groups is 1. The Kier molecular flexibility index (Phi) is 8.21. The van der Waals surface area contributed by atoms with Crippen LogP contribution in [0.3, 0.4) is 0 Å². The summed E-state index contributed by atoms with van der Waals surface area (Å²) in [4.78, 5) is 20.0. The van der Waals surface area contributed by atoms with Crippen molar-refractivity contribution in [3.05, 3.63) is 61.8 Å². The average molecular weight is 568 g/mol. The second-order valence-electron chi connectivity index (χ2n) is 7.84. The van der Waals surface area contributed by atoms with Crippen LogP contribution >= 0.6 is 34.4 Å². The van der Waals surface area contributed by atoms with E-state index < -0.39 is 0 Å². The minimum absolute atomic E-state index is 0.0201. The monoisotopic (exact) mass is 568 g/mol. The number of halogens is 2. The molecule has 2 aromatic carbocycles. The number of hydrogen-bond acceptors (Lipinski definition) is 5. The largest absolute Gasteiger partial charge is 0.493 e. The van der Waals surface area contributed by atoms with Gasteiger partial charge in [-0.1, -0.05) is 12.1 Å². The SMILES string of the molecule is COc1cc(/C=C2/SC(=NC(C)C)N(C(C)C)C2=O)cc(I)c1OCc1cccc(F)c1. The van der Waals surface area contributed by atoms with Gasteiger partial charge in [0.2, 0.25) is 0 Å². The van der Waals surface area contributed by atoms with Gasteiger partial charge in [-0.2, -0.15) is 0 Å². The second kappa shape index (κ2) is 10.7. The van der Waals surface area contributed by atoms with Crippen molar-refractivity contribution in [2.24, 2.45) is 4.99 Å². The molecule has 0 unspecified atom stereocenters. The summed E-state index contributed by atoms with van der Waals surface area (Å²) >= 11 is 3.57. The molecule has 1 fully saturated rings. The Balaban J connectivity index is 1.88. The van der Waals surface area contributed by atoms with Gasteiger partial charge in [-0.15, -0.1) is 0 Å². The first-order chi connectivity index (χ1) is 15.2. The minimum atomic E-state index is -0.302. The van der Waals surface area contributed by atoms with Gasteiger partial charge in [0, 0.05) is 12.1 Å². The molecule has 0 N–H and O–H groups in total. The first kappa shape index (κ1) is 24.6. The smallest absolute Gasteiger partial charge is 0.266 e. The molecule has 1 saturated heterocycles. The van der Waals surface area contributed by atoms with E-state index in [0.717, 1.165) is 19.9 Å². The summed E-state index contributed by atoms with van der Waals surface area (Å²) in [5.74, 6) is 0.775. The van der Waals surface area contributed by atoms with Gasteiger partial charge in [0.25, 0.3) is 5.91 Å². The fourth-order valence-corrected chi connectivity index (χ4v) is 5.16. The summed E-state index contributed by atoms with van der Waals surface area (Å²) < 4.78 is 25.8. The van der Waals surface area contributed by atoms with Crippen molar-refractivity contribution >= 4 is 51.5 Å². The molecule has 0 spiro atoms. The Labute approximate surface area is 206 Å². The van der Waals surface area contributed by atoms with E-state index in [9.17, 15) is 9.18 Å². The van der Waals surface area contributed by atoms with Crippen LogP contribution in [0.5, 0.6) is 11.5 Å². The molecule has 1 amide bonds. The molecule has 5 nitrogen and oxygen atoms in total. The quantitative estimate of drug-likeness (QED) is 0.299. The molecule has 32 heavy (non-hydrogen) atoms. The Morgan fingerprint density at radius 1 is 1.22 bits per heavy atom. The maximum absolute atomic E-state index is 13.4. The lowest BCUT2D eigenvalue weighted by molar-refractivity contribution is -0.123. The third-order valence-electron chi connectivity index (χ3n) is 4.54. The number of amides is 1. The van der Waals surface area contributed by atoms with Crippen LogP contribution in [0.15, 0.2) is 46.3 Å². The van der Waals surface area contributed by atoms with Gasteiger partial charge in [-0.3, -0.25) is 14.7 Å². The number of methoxy groups -OCH3 is 1. The van der Waals surface area contributed by atoms with Crippen LogP contribution in [0.25, 0.3) is 6.08 Å². The van der Waals surface area contributed by atoms with Crippen LogP contribution in [-0.2, 0) is 11.4 Å². The first-order valence-electron chi connectivity index (χ1n) is 10.2. The van der Waals surface area contributed by atoms with Crippen molar-refractivity contribution in [1.29, 1.82) is 0 Å². The molecular formula is C24H26FIN2O3S. The highest BCUT2D eigenvalue weighted by atomic mass is 127. The maximum Gasteiger partial charge on any atom is 0.266 e. The van der Waals surface area contributed by atoms with Crippen LogP contribution in [0.2, 0.25) is 0 Å². The predicted molar refractivity (Wildman–Crippen MR) is 137 cm³/mol. The highest BCUT2D eigenvalue weighted by Crippen LogP contribution is 2.38. The number of carbonyl (C=O) groups is 1. The lowest BCUT2D eigenvalue weighted by Gasteiger charge is -2.20. The molecule has 0 saturated carbocycles. The van der Waals surface area contributed by atoms with Gasteiger partial charge >= 0.3 is 0 Å². The number of thioether (sulfide) groups is 1. The summed E-state index contributed by atoms with van der Waals surface area (Å²) in [6.07, 6.45) is 1.85. The van der Waals surface area contributed by atoms with E-state index in [1.807, 2.05) is 45.9 Å². The number of nitrogens with zero attached hydrogens (tertiary/aromatic N) is 2. The van der Waals surface area contributed by atoms with Crippen molar-refractivity contribution in [1.82, 2.24) is 4.90 Å².